The number of anilines is 1. The Bertz CT molecular complexity index is 924. The molecule has 1 aromatic carbocycles. The van der Waals surface area contributed by atoms with E-state index in [-0.39, 0.29) is 24.1 Å². The first-order chi connectivity index (χ1) is 11.4. The monoisotopic (exact) mass is 322 g/mol. The number of carbonyl (C=O) groups excluding carboxylic acids is 1. The molecule has 0 saturated carbocycles. The Hall–Kier alpha value is -2.94. The van der Waals surface area contributed by atoms with Gasteiger partial charge in [0.15, 0.2) is 0 Å². The molecule has 6 nitrogen and oxygen atoms in total. The lowest BCUT2D eigenvalue weighted by molar-refractivity contribution is -0.119. The lowest BCUT2D eigenvalue weighted by Gasteiger charge is -2.23. The minimum Gasteiger partial charge on any atom is -0.307 e. The summed E-state index contributed by atoms with van der Waals surface area (Å²) in [6, 6.07) is 9.71. The summed E-state index contributed by atoms with van der Waals surface area (Å²) in [6.07, 6.45) is 0.792. The van der Waals surface area contributed by atoms with Crippen LogP contribution in [0.4, 0.5) is 5.69 Å². The third kappa shape index (κ3) is 2.48. The Morgan fingerprint density at radius 1 is 1.38 bits per heavy atom. The molecular formula is C18H18N4O2. The summed E-state index contributed by atoms with van der Waals surface area (Å²) in [5.41, 5.74) is 2.67. The van der Waals surface area contributed by atoms with E-state index in [1.54, 1.807) is 18.7 Å². The SMILES string of the molecule is Cc1nn(CC(=O)N2c3ccccc3CC2C)c(=O)c(C#N)c1C. The normalized spacial score (nSPS) is 15.9. The van der Waals surface area contributed by atoms with Crippen molar-refractivity contribution >= 4 is 11.6 Å². The van der Waals surface area contributed by atoms with E-state index < -0.39 is 5.56 Å². The van der Waals surface area contributed by atoms with Gasteiger partial charge >= 0.3 is 0 Å². The molecular weight excluding hydrogens is 304 g/mol. The molecule has 3 rings (SSSR count). The first kappa shape index (κ1) is 15.9. The highest BCUT2D eigenvalue weighted by Crippen LogP contribution is 2.31. The fourth-order valence-electron chi connectivity index (χ4n) is 3.16. The molecule has 0 fully saturated rings. The lowest BCUT2D eigenvalue weighted by atomic mass is 10.1. The summed E-state index contributed by atoms with van der Waals surface area (Å²) in [5.74, 6) is -0.200. The van der Waals surface area contributed by atoms with Gasteiger partial charge in [-0.15, -0.1) is 0 Å². The summed E-state index contributed by atoms with van der Waals surface area (Å²) in [6.45, 7) is 5.22. The second kappa shape index (κ2) is 5.93. The van der Waals surface area contributed by atoms with Gasteiger partial charge in [0, 0.05) is 11.7 Å². The number of nitriles is 1. The Morgan fingerprint density at radius 2 is 2.08 bits per heavy atom. The first-order valence-corrected chi connectivity index (χ1v) is 7.82. The van der Waals surface area contributed by atoms with Gasteiger partial charge in [0.2, 0.25) is 5.91 Å². The largest absolute Gasteiger partial charge is 0.307 e. The van der Waals surface area contributed by atoms with E-state index in [0.717, 1.165) is 22.4 Å². The van der Waals surface area contributed by atoms with Crippen LogP contribution in [0, 0.1) is 25.2 Å². The molecule has 6 heteroatoms. The van der Waals surface area contributed by atoms with Gasteiger partial charge < -0.3 is 4.90 Å². The third-order valence-electron chi connectivity index (χ3n) is 4.51. The van der Waals surface area contributed by atoms with Crippen molar-refractivity contribution in [3.63, 3.8) is 0 Å². The number of aromatic nitrogens is 2. The van der Waals surface area contributed by atoms with Crippen LogP contribution in [0.5, 0.6) is 0 Å². The molecule has 1 atom stereocenters. The van der Waals surface area contributed by atoms with E-state index in [0.29, 0.717) is 11.3 Å². The summed E-state index contributed by atoms with van der Waals surface area (Å²) >= 11 is 0. The number of fused-ring (bicyclic) bond motifs is 1. The summed E-state index contributed by atoms with van der Waals surface area (Å²) < 4.78 is 1.09. The molecule has 2 aromatic rings. The minimum absolute atomic E-state index is 0.0348. The molecule has 0 bridgehead atoms. The van der Waals surface area contributed by atoms with Crippen molar-refractivity contribution < 1.29 is 4.79 Å². The van der Waals surface area contributed by atoms with Crippen LogP contribution in [0.1, 0.15) is 29.3 Å². The number of rotatable bonds is 2. The zero-order valence-electron chi connectivity index (χ0n) is 13.9. The van der Waals surface area contributed by atoms with Crippen molar-refractivity contribution in [1.82, 2.24) is 9.78 Å². The minimum atomic E-state index is -0.519. The summed E-state index contributed by atoms with van der Waals surface area (Å²) in [4.78, 5) is 26.8. The standard InChI is InChI=1S/C18H18N4O2/c1-11-8-14-6-4-5-7-16(14)22(11)17(23)10-21-18(24)15(9-19)12(2)13(3)20-21/h4-7,11H,8,10H2,1-3H3. The maximum absolute atomic E-state index is 12.8. The van der Waals surface area contributed by atoms with Crippen LogP contribution in [0.2, 0.25) is 0 Å². The van der Waals surface area contributed by atoms with Crippen molar-refractivity contribution in [1.29, 1.82) is 5.26 Å². The molecule has 0 radical (unpaired) electrons. The fraction of sp³-hybridized carbons (Fsp3) is 0.333. The summed E-state index contributed by atoms with van der Waals surface area (Å²) in [7, 11) is 0. The molecule has 0 N–H and O–H groups in total. The smallest absolute Gasteiger partial charge is 0.285 e. The van der Waals surface area contributed by atoms with Gasteiger partial charge in [0.25, 0.3) is 5.56 Å². The van der Waals surface area contributed by atoms with E-state index in [9.17, 15) is 14.9 Å². The average molecular weight is 322 g/mol. The highest BCUT2D eigenvalue weighted by Gasteiger charge is 2.31. The van der Waals surface area contributed by atoms with Crippen molar-refractivity contribution in [2.24, 2.45) is 0 Å². The Labute approximate surface area is 139 Å². The van der Waals surface area contributed by atoms with Crippen LogP contribution in [-0.2, 0) is 17.8 Å². The van der Waals surface area contributed by atoms with Gasteiger partial charge in [-0.1, -0.05) is 18.2 Å². The maximum atomic E-state index is 12.8. The highest BCUT2D eigenvalue weighted by atomic mass is 16.2. The molecule has 1 unspecified atom stereocenters. The molecule has 1 aromatic heterocycles. The highest BCUT2D eigenvalue weighted by molar-refractivity contribution is 5.96. The van der Waals surface area contributed by atoms with Gasteiger partial charge in [-0.25, -0.2) is 4.68 Å². The van der Waals surface area contributed by atoms with E-state index in [1.807, 2.05) is 37.3 Å². The molecule has 24 heavy (non-hydrogen) atoms. The number of hydrogen-bond acceptors (Lipinski definition) is 4. The van der Waals surface area contributed by atoms with Gasteiger partial charge in [0.05, 0.1) is 5.69 Å². The Kier molecular flexibility index (Phi) is 3.94. The van der Waals surface area contributed by atoms with Crippen molar-refractivity contribution in [3.8, 4) is 6.07 Å². The number of nitrogens with zero attached hydrogens (tertiary/aromatic N) is 4. The summed E-state index contributed by atoms with van der Waals surface area (Å²) in [5, 5.41) is 13.4. The van der Waals surface area contributed by atoms with Gasteiger partial charge in [-0.05, 0) is 44.4 Å². The predicted molar refractivity (Wildman–Crippen MR) is 89.8 cm³/mol. The molecule has 0 aliphatic carbocycles. The number of para-hydroxylation sites is 1. The number of carbonyl (C=O) groups is 1. The van der Waals surface area contributed by atoms with Crippen LogP contribution in [0.15, 0.2) is 29.1 Å². The third-order valence-corrected chi connectivity index (χ3v) is 4.51. The van der Waals surface area contributed by atoms with E-state index >= 15 is 0 Å². The van der Waals surface area contributed by atoms with Crippen molar-refractivity contribution in [2.75, 3.05) is 4.90 Å². The maximum Gasteiger partial charge on any atom is 0.285 e. The van der Waals surface area contributed by atoms with Crippen LogP contribution >= 0.6 is 0 Å². The predicted octanol–water partition coefficient (Wildman–Crippen LogP) is 1.71. The van der Waals surface area contributed by atoms with Crippen LogP contribution in [0.25, 0.3) is 0 Å². The van der Waals surface area contributed by atoms with Gasteiger partial charge in [-0.3, -0.25) is 9.59 Å². The van der Waals surface area contributed by atoms with Crippen LogP contribution in [0.3, 0.4) is 0 Å². The Balaban J connectivity index is 1.96. The fourth-order valence-corrected chi connectivity index (χ4v) is 3.16. The van der Waals surface area contributed by atoms with E-state index in [1.165, 1.54) is 0 Å². The topological polar surface area (TPSA) is 79.0 Å². The number of benzene rings is 1. The molecule has 1 aliphatic rings. The molecule has 1 aliphatic heterocycles. The van der Waals surface area contributed by atoms with Crippen molar-refractivity contribution in [3.05, 3.63) is 57.0 Å². The molecule has 0 spiro atoms. The quantitative estimate of drug-likeness (QED) is 0.843. The lowest BCUT2D eigenvalue weighted by Crippen LogP contribution is -2.41. The van der Waals surface area contributed by atoms with Crippen LogP contribution < -0.4 is 10.5 Å². The Morgan fingerprint density at radius 3 is 2.79 bits per heavy atom. The average Bonchev–Trinajstić information content (AvgIpc) is 2.89. The number of amides is 1. The zero-order chi connectivity index (χ0) is 17.4. The second-order valence-electron chi connectivity index (χ2n) is 6.11. The number of aryl methyl sites for hydroxylation is 1. The van der Waals surface area contributed by atoms with Gasteiger partial charge in [-0.2, -0.15) is 10.4 Å². The van der Waals surface area contributed by atoms with Gasteiger partial charge in [0.1, 0.15) is 18.2 Å². The second-order valence-corrected chi connectivity index (χ2v) is 6.11. The van der Waals surface area contributed by atoms with E-state index in [2.05, 4.69) is 5.10 Å². The molecule has 1 amide bonds. The number of hydrogen-bond donors (Lipinski definition) is 0. The molecule has 122 valence electrons. The first-order valence-electron chi connectivity index (χ1n) is 7.82. The van der Waals surface area contributed by atoms with Crippen molar-refractivity contribution in [2.45, 2.75) is 39.8 Å². The molecule has 0 saturated heterocycles. The van der Waals surface area contributed by atoms with Crippen LogP contribution in [-0.4, -0.2) is 21.7 Å². The zero-order valence-corrected chi connectivity index (χ0v) is 13.9. The van der Waals surface area contributed by atoms with E-state index in [4.69, 9.17) is 0 Å². The molecule has 2 heterocycles.